The standard InChI is InChI=1S/C13H18N4O2/c1-8(2)16-7-9(6-14-16)15-11-5-12(18)17(13(11)19)10-3-4-10/h6-8,10-11,15H,3-5H2,1-2H3. The zero-order chi connectivity index (χ0) is 13.6. The smallest absolute Gasteiger partial charge is 0.252 e. The number of nitrogens with one attached hydrogen (secondary N) is 1. The molecule has 0 aromatic carbocycles. The molecule has 1 atom stereocenters. The largest absolute Gasteiger partial charge is 0.371 e. The van der Waals surface area contributed by atoms with Crippen molar-refractivity contribution in [2.75, 3.05) is 5.32 Å². The first-order chi connectivity index (χ1) is 9.06. The Hall–Kier alpha value is -1.85. The molecule has 1 aromatic heterocycles. The quantitative estimate of drug-likeness (QED) is 0.827. The van der Waals surface area contributed by atoms with Gasteiger partial charge < -0.3 is 5.32 Å². The highest BCUT2D eigenvalue weighted by molar-refractivity contribution is 6.07. The first kappa shape index (κ1) is 12.2. The second-order valence-corrected chi connectivity index (χ2v) is 5.54. The first-order valence-corrected chi connectivity index (χ1v) is 6.73. The van der Waals surface area contributed by atoms with Gasteiger partial charge in [-0.3, -0.25) is 19.2 Å². The van der Waals surface area contributed by atoms with E-state index >= 15 is 0 Å². The van der Waals surface area contributed by atoms with E-state index in [1.54, 1.807) is 6.20 Å². The van der Waals surface area contributed by atoms with Crippen molar-refractivity contribution in [1.82, 2.24) is 14.7 Å². The topological polar surface area (TPSA) is 67.2 Å². The average molecular weight is 262 g/mol. The van der Waals surface area contributed by atoms with E-state index in [1.165, 1.54) is 4.90 Å². The summed E-state index contributed by atoms with van der Waals surface area (Å²) in [5, 5.41) is 7.33. The van der Waals surface area contributed by atoms with Crippen molar-refractivity contribution in [3.05, 3.63) is 12.4 Å². The van der Waals surface area contributed by atoms with Crippen LogP contribution in [0, 0.1) is 0 Å². The van der Waals surface area contributed by atoms with Crippen molar-refractivity contribution < 1.29 is 9.59 Å². The molecule has 2 fully saturated rings. The summed E-state index contributed by atoms with van der Waals surface area (Å²) in [5.41, 5.74) is 0.789. The van der Waals surface area contributed by atoms with Gasteiger partial charge in [-0.25, -0.2) is 0 Å². The molecule has 1 aromatic rings. The summed E-state index contributed by atoms with van der Waals surface area (Å²) in [5.74, 6) is -0.147. The fourth-order valence-corrected chi connectivity index (χ4v) is 2.38. The lowest BCUT2D eigenvalue weighted by Gasteiger charge is -2.14. The molecule has 6 heteroatoms. The van der Waals surface area contributed by atoms with Crippen molar-refractivity contribution in [3.8, 4) is 0 Å². The van der Waals surface area contributed by atoms with Crippen LogP contribution in [0.3, 0.4) is 0 Å². The molecular weight excluding hydrogens is 244 g/mol. The van der Waals surface area contributed by atoms with Crippen LogP contribution in [-0.4, -0.2) is 38.6 Å². The first-order valence-electron chi connectivity index (χ1n) is 6.73. The van der Waals surface area contributed by atoms with E-state index in [0.29, 0.717) is 0 Å². The number of carbonyl (C=O) groups excluding carboxylic acids is 2. The van der Waals surface area contributed by atoms with Gasteiger partial charge in [0.2, 0.25) is 5.91 Å². The van der Waals surface area contributed by atoms with Gasteiger partial charge in [0, 0.05) is 18.3 Å². The van der Waals surface area contributed by atoms with Gasteiger partial charge in [-0.05, 0) is 26.7 Å². The molecule has 1 saturated carbocycles. The molecule has 2 aliphatic rings. The molecule has 3 rings (SSSR count). The Bertz CT molecular complexity index is 518. The van der Waals surface area contributed by atoms with Crippen LogP contribution in [0.4, 0.5) is 5.69 Å². The number of carbonyl (C=O) groups is 2. The molecule has 102 valence electrons. The van der Waals surface area contributed by atoms with Gasteiger partial charge in [0.15, 0.2) is 0 Å². The van der Waals surface area contributed by atoms with Crippen molar-refractivity contribution in [2.24, 2.45) is 0 Å². The normalized spacial score (nSPS) is 23.5. The van der Waals surface area contributed by atoms with Gasteiger partial charge in [-0.2, -0.15) is 5.10 Å². The number of imide groups is 1. The monoisotopic (exact) mass is 262 g/mol. The summed E-state index contributed by atoms with van der Waals surface area (Å²) in [6.07, 6.45) is 5.72. The Morgan fingerprint density at radius 2 is 2.11 bits per heavy atom. The molecule has 1 aliphatic carbocycles. The summed E-state index contributed by atoms with van der Waals surface area (Å²) in [6.45, 7) is 4.08. The van der Waals surface area contributed by atoms with Crippen LogP contribution in [0.25, 0.3) is 0 Å². The molecule has 2 amide bonds. The number of hydrogen-bond donors (Lipinski definition) is 1. The van der Waals surface area contributed by atoms with Crippen LogP contribution >= 0.6 is 0 Å². The summed E-state index contributed by atoms with van der Waals surface area (Å²) in [4.78, 5) is 25.4. The highest BCUT2D eigenvalue weighted by Gasteiger charge is 2.46. The maximum atomic E-state index is 12.2. The Morgan fingerprint density at radius 3 is 2.68 bits per heavy atom. The van der Waals surface area contributed by atoms with Gasteiger partial charge in [0.25, 0.3) is 5.91 Å². The van der Waals surface area contributed by atoms with E-state index in [2.05, 4.69) is 10.4 Å². The summed E-state index contributed by atoms with van der Waals surface area (Å²) in [6, 6.07) is 0.00234. The van der Waals surface area contributed by atoms with E-state index in [-0.39, 0.29) is 30.3 Å². The number of anilines is 1. The number of likely N-dealkylation sites (tertiary alicyclic amines) is 1. The van der Waals surface area contributed by atoms with Crippen molar-refractivity contribution in [3.63, 3.8) is 0 Å². The summed E-state index contributed by atoms with van der Waals surface area (Å²) < 4.78 is 1.82. The molecule has 19 heavy (non-hydrogen) atoms. The van der Waals surface area contributed by atoms with Crippen molar-refractivity contribution in [1.29, 1.82) is 0 Å². The molecule has 1 unspecified atom stereocenters. The van der Waals surface area contributed by atoms with Gasteiger partial charge in [-0.15, -0.1) is 0 Å². The third kappa shape index (κ3) is 2.22. The Labute approximate surface area is 111 Å². The number of aromatic nitrogens is 2. The van der Waals surface area contributed by atoms with Crippen LogP contribution in [0.1, 0.15) is 39.2 Å². The second-order valence-electron chi connectivity index (χ2n) is 5.54. The minimum atomic E-state index is -0.432. The second kappa shape index (κ2) is 4.36. The fourth-order valence-electron chi connectivity index (χ4n) is 2.38. The molecule has 1 saturated heterocycles. The highest BCUT2D eigenvalue weighted by atomic mass is 16.2. The molecule has 1 N–H and O–H groups in total. The zero-order valence-electron chi connectivity index (χ0n) is 11.2. The lowest BCUT2D eigenvalue weighted by molar-refractivity contribution is -0.139. The molecule has 0 bridgehead atoms. The van der Waals surface area contributed by atoms with Crippen LogP contribution in [0.15, 0.2) is 12.4 Å². The van der Waals surface area contributed by atoms with Crippen LogP contribution in [0.5, 0.6) is 0 Å². The molecule has 1 aliphatic heterocycles. The van der Waals surface area contributed by atoms with E-state index in [4.69, 9.17) is 0 Å². The summed E-state index contributed by atoms with van der Waals surface area (Å²) >= 11 is 0. The van der Waals surface area contributed by atoms with E-state index in [1.807, 2.05) is 24.7 Å². The number of nitrogens with zero attached hydrogens (tertiary/aromatic N) is 3. The SMILES string of the molecule is CC(C)n1cc(NC2CC(=O)N(C3CC3)C2=O)cn1. The molecule has 6 nitrogen and oxygen atoms in total. The third-order valence-electron chi connectivity index (χ3n) is 3.57. The van der Waals surface area contributed by atoms with Crippen LogP contribution in [-0.2, 0) is 9.59 Å². The zero-order valence-corrected chi connectivity index (χ0v) is 11.2. The molecular formula is C13H18N4O2. The van der Waals surface area contributed by atoms with E-state index < -0.39 is 6.04 Å². The average Bonchev–Trinajstić information content (AvgIpc) is 2.98. The van der Waals surface area contributed by atoms with Crippen molar-refractivity contribution in [2.45, 2.75) is 51.2 Å². The van der Waals surface area contributed by atoms with Crippen LogP contribution in [0.2, 0.25) is 0 Å². The lowest BCUT2D eigenvalue weighted by Crippen LogP contribution is -2.36. The van der Waals surface area contributed by atoms with Gasteiger partial charge in [0.1, 0.15) is 6.04 Å². The predicted molar refractivity (Wildman–Crippen MR) is 69.5 cm³/mol. The molecule has 2 heterocycles. The van der Waals surface area contributed by atoms with Crippen molar-refractivity contribution >= 4 is 17.5 Å². The predicted octanol–water partition coefficient (Wildman–Crippen LogP) is 1.17. The van der Waals surface area contributed by atoms with Gasteiger partial charge >= 0.3 is 0 Å². The van der Waals surface area contributed by atoms with Crippen LogP contribution < -0.4 is 5.32 Å². The van der Waals surface area contributed by atoms with E-state index in [0.717, 1.165) is 18.5 Å². The number of amides is 2. The number of rotatable bonds is 4. The Balaban J connectivity index is 1.69. The lowest BCUT2D eigenvalue weighted by atomic mass is 10.2. The molecule has 0 radical (unpaired) electrons. The maximum Gasteiger partial charge on any atom is 0.252 e. The third-order valence-corrected chi connectivity index (χ3v) is 3.57. The van der Waals surface area contributed by atoms with E-state index in [9.17, 15) is 9.59 Å². The van der Waals surface area contributed by atoms with Gasteiger partial charge in [0.05, 0.1) is 18.3 Å². The number of hydrogen-bond acceptors (Lipinski definition) is 4. The maximum absolute atomic E-state index is 12.2. The summed E-state index contributed by atoms with van der Waals surface area (Å²) in [7, 11) is 0. The Kier molecular flexibility index (Phi) is 2.80. The molecule has 0 spiro atoms. The Morgan fingerprint density at radius 1 is 1.37 bits per heavy atom. The fraction of sp³-hybridized carbons (Fsp3) is 0.615. The highest BCUT2D eigenvalue weighted by Crippen LogP contribution is 2.32. The minimum absolute atomic E-state index is 0.0544. The minimum Gasteiger partial charge on any atom is -0.371 e. The van der Waals surface area contributed by atoms with Gasteiger partial charge in [-0.1, -0.05) is 0 Å².